The fraction of sp³-hybridized carbons (Fsp3) is 0.333. The molecule has 16 heavy (non-hydrogen) atoms. The van der Waals surface area contributed by atoms with Crippen LogP contribution in [0, 0.1) is 22.7 Å². The van der Waals surface area contributed by atoms with Crippen LogP contribution >= 0.6 is 0 Å². The van der Waals surface area contributed by atoms with E-state index in [-0.39, 0.29) is 0 Å². The molecule has 1 rings (SSSR count). The summed E-state index contributed by atoms with van der Waals surface area (Å²) in [6.45, 7) is 1.87. The second kappa shape index (κ2) is 5.63. The van der Waals surface area contributed by atoms with Crippen molar-refractivity contribution in [2.24, 2.45) is 0 Å². The summed E-state index contributed by atoms with van der Waals surface area (Å²) < 4.78 is 10.5. The second-order valence-electron chi connectivity index (χ2n) is 3.12. The molecule has 0 amide bonds. The lowest BCUT2D eigenvalue weighted by molar-refractivity contribution is 0.239. The zero-order chi connectivity index (χ0) is 12.0. The molecule has 0 bridgehead atoms. The summed E-state index contributed by atoms with van der Waals surface area (Å²) in [7, 11) is 1.50. The molecule has 0 radical (unpaired) electrons. The third kappa shape index (κ3) is 2.65. The third-order valence-electron chi connectivity index (χ3n) is 2.08. The first-order valence-corrected chi connectivity index (χ1v) is 4.89. The Balaban J connectivity index is 2.97. The number of ether oxygens (including phenoxy) is 2. The van der Waals surface area contributed by atoms with Crippen molar-refractivity contribution < 1.29 is 9.47 Å². The van der Waals surface area contributed by atoms with Gasteiger partial charge >= 0.3 is 0 Å². The Morgan fingerprint density at radius 2 is 2.06 bits per heavy atom. The SMILES string of the molecule is CCC(C#N)Oc1ccc(C#N)cc1OC. The van der Waals surface area contributed by atoms with Crippen LogP contribution < -0.4 is 9.47 Å². The summed E-state index contributed by atoms with van der Waals surface area (Å²) in [5.74, 6) is 0.947. The van der Waals surface area contributed by atoms with Crippen molar-refractivity contribution in [1.82, 2.24) is 0 Å². The predicted octanol–water partition coefficient (Wildman–Crippen LogP) is 2.25. The number of nitrogens with zero attached hydrogens (tertiary/aromatic N) is 2. The molecule has 0 fully saturated rings. The van der Waals surface area contributed by atoms with Crippen molar-refractivity contribution in [3.05, 3.63) is 23.8 Å². The van der Waals surface area contributed by atoms with E-state index in [2.05, 4.69) is 0 Å². The van der Waals surface area contributed by atoms with E-state index >= 15 is 0 Å². The molecule has 82 valence electrons. The minimum Gasteiger partial charge on any atom is -0.493 e. The maximum Gasteiger partial charge on any atom is 0.184 e. The lowest BCUT2D eigenvalue weighted by atomic mass is 10.2. The average molecular weight is 216 g/mol. The lowest BCUT2D eigenvalue weighted by Gasteiger charge is -2.13. The Morgan fingerprint density at radius 3 is 2.56 bits per heavy atom. The zero-order valence-corrected chi connectivity index (χ0v) is 9.23. The van der Waals surface area contributed by atoms with Gasteiger partial charge in [0.15, 0.2) is 17.6 Å². The van der Waals surface area contributed by atoms with Crippen molar-refractivity contribution in [1.29, 1.82) is 10.5 Å². The quantitative estimate of drug-likeness (QED) is 0.774. The van der Waals surface area contributed by atoms with Crippen LogP contribution in [0.2, 0.25) is 0 Å². The van der Waals surface area contributed by atoms with E-state index in [1.165, 1.54) is 7.11 Å². The molecule has 1 aromatic carbocycles. The Morgan fingerprint density at radius 1 is 1.31 bits per heavy atom. The van der Waals surface area contributed by atoms with Gasteiger partial charge in [0, 0.05) is 6.07 Å². The largest absolute Gasteiger partial charge is 0.493 e. The maximum absolute atomic E-state index is 8.78. The van der Waals surface area contributed by atoms with Gasteiger partial charge < -0.3 is 9.47 Å². The van der Waals surface area contributed by atoms with Crippen LogP contribution in [-0.2, 0) is 0 Å². The number of hydrogen-bond acceptors (Lipinski definition) is 4. The lowest BCUT2D eigenvalue weighted by Crippen LogP contribution is -2.12. The first kappa shape index (κ1) is 11.9. The molecule has 0 aliphatic rings. The zero-order valence-electron chi connectivity index (χ0n) is 9.23. The van der Waals surface area contributed by atoms with Crippen molar-refractivity contribution in [2.75, 3.05) is 7.11 Å². The van der Waals surface area contributed by atoms with E-state index in [4.69, 9.17) is 20.0 Å². The number of rotatable bonds is 4. The van der Waals surface area contributed by atoms with Crippen LogP contribution in [0.15, 0.2) is 18.2 Å². The van der Waals surface area contributed by atoms with Crippen molar-refractivity contribution in [2.45, 2.75) is 19.4 Å². The van der Waals surface area contributed by atoms with E-state index < -0.39 is 6.10 Å². The predicted molar refractivity (Wildman–Crippen MR) is 58.0 cm³/mol. The maximum atomic E-state index is 8.78. The van der Waals surface area contributed by atoms with Crippen LogP contribution in [-0.4, -0.2) is 13.2 Å². The minimum absolute atomic E-state index is 0.466. The van der Waals surface area contributed by atoms with Gasteiger partial charge in [-0.3, -0.25) is 0 Å². The third-order valence-corrected chi connectivity index (χ3v) is 2.08. The standard InChI is InChI=1S/C12H12N2O2/c1-3-10(8-14)16-11-5-4-9(7-13)6-12(11)15-2/h4-6,10H,3H2,1-2H3. The van der Waals surface area contributed by atoms with E-state index in [0.717, 1.165) is 0 Å². The van der Waals surface area contributed by atoms with Gasteiger partial charge in [-0.2, -0.15) is 10.5 Å². The molecule has 1 unspecified atom stereocenters. The van der Waals surface area contributed by atoms with Crippen LogP contribution in [0.3, 0.4) is 0 Å². The highest BCUT2D eigenvalue weighted by Crippen LogP contribution is 2.28. The molecule has 0 saturated heterocycles. The smallest absolute Gasteiger partial charge is 0.184 e. The van der Waals surface area contributed by atoms with Crippen LogP contribution in [0.4, 0.5) is 0 Å². The van der Waals surface area contributed by atoms with Gasteiger partial charge in [0.2, 0.25) is 0 Å². The molecule has 0 aliphatic carbocycles. The van der Waals surface area contributed by atoms with Crippen molar-refractivity contribution in [3.8, 4) is 23.6 Å². The number of hydrogen-bond donors (Lipinski definition) is 0. The molecular weight excluding hydrogens is 204 g/mol. The minimum atomic E-state index is -0.498. The van der Waals surface area contributed by atoms with E-state index in [0.29, 0.717) is 23.5 Å². The van der Waals surface area contributed by atoms with E-state index in [9.17, 15) is 0 Å². The molecule has 4 nitrogen and oxygen atoms in total. The van der Waals surface area contributed by atoms with Gasteiger partial charge in [0.25, 0.3) is 0 Å². The van der Waals surface area contributed by atoms with Gasteiger partial charge in [-0.15, -0.1) is 0 Å². The Bertz CT molecular complexity index is 443. The van der Waals surface area contributed by atoms with Gasteiger partial charge in [0.05, 0.1) is 18.7 Å². The summed E-state index contributed by atoms with van der Waals surface area (Å²) in [6.07, 6.45) is 0.0986. The Hall–Kier alpha value is -2.20. The molecule has 1 aromatic rings. The Labute approximate surface area is 94.6 Å². The molecule has 1 atom stereocenters. The molecule has 0 aromatic heterocycles. The number of benzene rings is 1. The summed E-state index contributed by atoms with van der Waals surface area (Å²) in [5.41, 5.74) is 0.495. The highest BCUT2D eigenvalue weighted by Gasteiger charge is 2.11. The molecule has 0 saturated carbocycles. The van der Waals surface area contributed by atoms with Gasteiger partial charge in [-0.05, 0) is 18.6 Å². The van der Waals surface area contributed by atoms with Crippen molar-refractivity contribution in [3.63, 3.8) is 0 Å². The first-order valence-electron chi connectivity index (χ1n) is 4.89. The normalized spacial score (nSPS) is 11.0. The van der Waals surface area contributed by atoms with Gasteiger partial charge in [-0.25, -0.2) is 0 Å². The first-order chi connectivity index (χ1) is 7.74. The molecule has 0 aliphatic heterocycles. The second-order valence-corrected chi connectivity index (χ2v) is 3.12. The number of methoxy groups -OCH3 is 1. The molecule has 4 heteroatoms. The van der Waals surface area contributed by atoms with Gasteiger partial charge in [-0.1, -0.05) is 6.92 Å². The van der Waals surface area contributed by atoms with Crippen LogP contribution in [0.5, 0.6) is 11.5 Å². The summed E-state index contributed by atoms with van der Waals surface area (Å²) in [4.78, 5) is 0. The highest BCUT2D eigenvalue weighted by molar-refractivity contribution is 5.46. The molecule has 0 heterocycles. The summed E-state index contributed by atoms with van der Waals surface area (Å²) in [5, 5.41) is 17.5. The monoisotopic (exact) mass is 216 g/mol. The van der Waals surface area contributed by atoms with Crippen LogP contribution in [0.25, 0.3) is 0 Å². The fourth-order valence-corrected chi connectivity index (χ4v) is 1.19. The van der Waals surface area contributed by atoms with Crippen LogP contribution in [0.1, 0.15) is 18.9 Å². The van der Waals surface area contributed by atoms with E-state index in [1.54, 1.807) is 18.2 Å². The molecule has 0 spiro atoms. The Kier molecular flexibility index (Phi) is 4.17. The molecular formula is C12H12N2O2. The summed E-state index contributed by atoms with van der Waals surface area (Å²) in [6, 6.07) is 8.89. The van der Waals surface area contributed by atoms with Crippen molar-refractivity contribution >= 4 is 0 Å². The molecule has 0 N–H and O–H groups in total. The fourth-order valence-electron chi connectivity index (χ4n) is 1.19. The number of nitriles is 2. The highest BCUT2D eigenvalue weighted by atomic mass is 16.5. The van der Waals surface area contributed by atoms with E-state index in [1.807, 2.05) is 19.1 Å². The average Bonchev–Trinajstić information content (AvgIpc) is 2.35. The van der Waals surface area contributed by atoms with Gasteiger partial charge in [0.1, 0.15) is 6.07 Å². The summed E-state index contributed by atoms with van der Waals surface area (Å²) >= 11 is 0. The topological polar surface area (TPSA) is 66.0 Å².